The molecule has 0 atom stereocenters. The van der Waals surface area contributed by atoms with E-state index in [4.69, 9.17) is 0 Å². The number of aromatic nitrogens is 3. The van der Waals surface area contributed by atoms with Crippen molar-refractivity contribution in [3.8, 4) is 0 Å². The maximum Gasteiger partial charge on any atom is 0.138 e. The van der Waals surface area contributed by atoms with Gasteiger partial charge in [0.15, 0.2) is 0 Å². The Hall–Kier alpha value is -0.860. The number of hydrogen-bond donors (Lipinski definition) is 0. The Labute approximate surface area is 66.4 Å². The van der Waals surface area contributed by atoms with E-state index >= 15 is 0 Å². The zero-order valence-electron chi connectivity index (χ0n) is 6.66. The first kappa shape index (κ1) is 6.83. The van der Waals surface area contributed by atoms with E-state index in [9.17, 15) is 0 Å². The normalized spacial score (nSPS) is 18.5. The summed E-state index contributed by atoms with van der Waals surface area (Å²) in [6, 6.07) is 0. The summed E-state index contributed by atoms with van der Waals surface area (Å²) < 4.78 is 2.04. The predicted octanol–water partition coefficient (Wildman–Crippen LogP) is 1.39. The minimum atomic E-state index is 1.06. The van der Waals surface area contributed by atoms with Crippen molar-refractivity contribution in [1.82, 2.24) is 14.8 Å². The highest BCUT2D eigenvalue weighted by atomic mass is 15.3. The summed E-state index contributed by atoms with van der Waals surface area (Å²) in [6.07, 6.45) is 8.02. The van der Waals surface area contributed by atoms with E-state index in [-0.39, 0.29) is 0 Å². The maximum atomic E-state index is 4.21. The van der Waals surface area contributed by atoms with Crippen molar-refractivity contribution < 1.29 is 0 Å². The van der Waals surface area contributed by atoms with Crippen LogP contribution in [0.5, 0.6) is 0 Å². The van der Waals surface area contributed by atoms with E-state index in [0.29, 0.717) is 0 Å². The molecule has 60 valence electrons. The summed E-state index contributed by atoms with van der Waals surface area (Å²) in [4.78, 5) is 4.21. The Balaban J connectivity index is 2.18. The van der Waals surface area contributed by atoms with E-state index in [0.717, 1.165) is 13.0 Å². The number of aryl methyl sites for hydroxylation is 2. The Kier molecular flexibility index (Phi) is 1.88. The van der Waals surface area contributed by atoms with Gasteiger partial charge < -0.3 is 0 Å². The van der Waals surface area contributed by atoms with Crippen molar-refractivity contribution in [2.24, 2.45) is 0 Å². The van der Waals surface area contributed by atoms with Gasteiger partial charge in [-0.05, 0) is 12.8 Å². The first-order valence-corrected chi connectivity index (χ1v) is 4.33. The lowest BCUT2D eigenvalue weighted by Crippen LogP contribution is -2.08. The number of hydrogen-bond acceptors (Lipinski definition) is 2. The fraction of sp³-hybridized carbons (Fsp3) is 0.750. The topological polar surface area (TPSA) is 30.7 Å². The monoisotopic (exact) mass is 151 g/mol. The Morgan fingerprint density at radius 3 is 3.09 bits per heavy atom. The lowest BCUT2D eigenvalue weighted by Gasteiger charge is -2.09. The van der Waals surface area contributed by atoms with Crippen LogP contribution in [0.25, 0.3) is 0 Å². The average Bonchev–Trinajstić information content (AvgIpc) is 2.35. The second kappa shape index (κ2) is 3.03. The molecular formula is C8H13N3. The summed E-state index contributed by atoms with van der Waals surface area (Å²) >= 11 is 0. The van der Waals surface area contributed by atoms with Crippen molar-refractivity contribution >= 4 is 0 Å². The molecule has 0 unspecified atom stereocenters. The molecule has 0 aromatic carbocycles. The number of rotatable bonds is 0. The van der Waals surface area contributed by atoms with Crippen molar-refractivity contribution in [2.75, 3.05) is 0 Å². The van der Waals surface area contributed by atoms with Crippen LogP contribution in [0.4, 0.5) is 0 Å². The van der Waals surface area contributed by atoms with E-state index < -0.39 is 0 Å². The van der Waals surface area contributed by atoms with Crippen molar-refractivity contribution in [2.45, 2.75) is 38.6 Å². The number of fused-ring (bicyclic) bond motifs is 1. The van der Waals surface area contributed by atoms with Gasteiger partial charge in [-0.2, -0.15) is 5.10 Å². The molecule has 2 rings (SSSR count). The SMILES string of the molecule is c1nc2n(n1)CCCCCC2. The van der Waals surface area contributed by atoms with Gasteiger partial charge in [0.1, 0.15) is 12.2 Å². The van der Waals surface area contributed by atoms with Gasteiger partial charge in [-0.25, -0.2) is 4.98 Å². The summed E-state index contributed by atoms with van der Waals surface area (Å²) in [5, 5.41) is 4.16. The van der Waals surface area contributed by atoms with Gasteiger partial charge in [0, 0.05) is 13.0 Å². The van der Waals surface area contributed by atoms with Gasteiger partial charge in [-0.3, -0.25) is 4.68 Å². The molecule has 0 amide bonds. The molecule has 3 heteroatoms. The molecule has 0 bridgehead atoms. The van der Waals surface area contributed by atoms with E-state index in [1.165, 1.54) is 31.5 Å². The molecule has 11 heavy (non-hydrogen) atoms. The summed E-state index contributed by atoms with van der Waals surface area (Å²) in [5.41, 5.74) is 0. The first-order valence-electron chi connectivity index (χ1n) is 4.33. The van der Waals surface area contributed by atoms with Crippen LogP contribution in [0.1, 0.15) is 31.5 Å². The summed E-state index contributed by atoms with van der Waals surface area (Å²) in [7, 11) is 0. The fourth-order valence-electron chi connectivity index (χ4n) is 1.57. The molecule has 1 aromatic heterocycles. The highest BCUT2D eigenvalue weighted by Crippen LogP contribution is 2.10. The van der Waals surface area contributed by atoms with Gasteiger partial charge >= 0.3 is 0 Å². The minimum Gasteiger partial charge on any atom is -0.250 e. The largest absolute Gasteiger partial charge is 0.250 e. The van der Waals surface area contributed by atoms with Crippen LogP contribution in [0.3, 0.4) is 0 Å². The Morgan fingerprint density at radius 2 is 2.09 bits per heavy atom. The Bertz CT molecular complexity index is 206. The summed E-state index contributed by atoms with van der Waals surface area (Å²) in [5.74, 6) is 1.17. The molecule has 3 nitrogen and oxygen atoms in total. The average molecular weight is 151 g/mol. The molecule has 0 spiro atoms. The second-order valence-electron chi connectivity index (χ2n) is 3.06. The molecule has 1 aliphatic rings. The van der Waals surface area contributed by atoms with Crippen LogP contribution in [0, 0.1) is 0 Å². The highest BCUT2D eigenvalue weighted by Gasteiger charge is 2.06. The smallest absolute Gasteiger partial charge is 0.138 e. The van der Waals surface area contributed by atoms with E-state index in [1.807, 2.05) is 4.68 Å². The highest BCUT2D eigenvalue weighted by molar-refractivity contribution is 4.85. The van der Waals surface area contributed by atoms with Crippen molar-refractivity contribution in [3.05, 3.63) is 12.2 Å². The first-order chi connectivity index (χ1) is 5.47. The third-order valence-corrected chi connectivity index (χ3v) is 2.22. The molecule has 0 N–H and O–H groups in total. The zero-order valence-corrected chi connectivity index (χ0v) is 6.66. The van der Waals surface area contributed by atoms with Crippen molar-refractivity contribution in [3.63, 3.8) is 0 Å². The summed E-state index contributed by atoms with van der Waals surface area (Å²) in [6.45, 7) is 1.06. The number of nitrogens with zero attached hydrogens (tertiary/aromatic N) is 3. The van der Waals surface area contributed by atoms with Gasteiger partial charge in [0.2, 0.25) is 0 Å². The molecule has 0 fully saturated rings. The van der Waals surface area contributed by atoms with Gasteiger partial charge in [0.05, 0.1) is 0 Å². The van der Waals surface area contributed by atoms with Crippen LogP contribution in [-0.2, 0) is 13.0 Å². The lowest BCUT2D eigenvalue weighted by molar-refractivity contribution is 0.482. The third-order valence-electron chi connectivity index (χ3n) is 2.22. The van der Waals surface area contributed by atoms with Gasteiger partial charge in [-0.1, -0.05) is 12.8 Å². The third kappa shape index (κ3) is 1.42. The molecule has 2 heterocycles. The van der Waals surface area contributed by atoms with Gasteiger partial charge in [-0.15, -0.1) is 0 Å². The van der Waals surface area contributed by atoms with Gasteiger partial charge in [0.25, 0.3) is 0 Å². The zero-order chi connectivity index (χ0) is 7.52. The van der Waals surface area contributed by atoms with Crippen LogP contribution in [0.2, 0.25) is 0 Å². The van der Waals surface area contributed by atoms with Crippen LogP contribution in [-0.4, -0.2) is 14.8 Å². The molecule has 0 saturated carbocycles. The molecule has 1 aromatic rings. The van der Waals surface area contributed by atoms with E-state index in [2.05, 4.69) is 10.1 Å². The maximum absolute atomic E-state index is 4.21. The van der Waals surface area contributed by atoms with Crippen molar-refractivity contribution in [1.29, 1.82) is 0 Å². The quantitative estimate of drug-likeness (QED) is 0.561. The predicted molar refractivity (Wildman–Crippen MR) is 42.2 cm³/mol. The van der Waals surface area contributed by atoms with Crippen LogP contribution >= 0.6 is 0 Å². The lowest BCUT2D eigenvalue weighted by atomic mass is 10.1. The van der Waals surface area contributed by atoms with Crippen LogP contribution in [0.15, 0.2) is 6.33 Å². The van der Waals surface area contributed by atoms with Crippen LogP contribution < -0.4 is 0 Å². The minimum absolute atomic E-state index is 1.06. The fourth-order valence-corrected chi connectivity index (χ4v) is 1.57. The second-order valence-corrected chi connectivity index (χ2v) is 3.06. The molecule has 0 aliphatic carbocycles. The molecule has 1 aliphatic heterocycles. The standard InChI is InChI=1S/C8H13N3/c1-2-4-6-11-8(5-3-1)9-7-10-11/h7H,1-6H2. The van der Waals surface area contributed by atoms with E-state index in [1.54, 1.807) is 6.33 Å². The molecule has 0 saturated heterocycles. The Morgan fingerprint density at radius 1 is 1.18 bits per heavy atom. The molecular weight excluding hydrogens is 138 g/mol. The molecule has 0 radical (unpaired) electrons.